The Bertz CT molecular complexity index is 436. The quantitative estimate of drug-likeness (QED) is 0.894. The average Bonchev–Trinajstić information content (AvgIpc) is 2.49. The minimum absolute atomic E-state index is 0.218. The summed E-state index contributed by atoms with van der Waals surface area (Å²) < 4.78 is 10.7. The number of ether oxygens (including phenoxy) is 2. The van der Waals surface area contributed by atoms with Gasteiger partial charge in [-0.15, -0.1) is 0 Å². The van der Waals surface area contributed by atoms with Crippen LogP contribution >= 0.6 is 0 Å². The zero-order valence-corrected chi connectivity index (χ0v) is 12.6. The van der Waals surface area contributed by atoms with E-state index in [0.717, 1.165) is 49.5 Å². The lowest BCUT2D eigenvalue weighted by molar-refractivity contribution is 0.0288. The molecule has 1 heterocycles. The normalized spacial score (nSPS) is 23.6. The first kappa shape index (κ1) is 15.1. The third-order valence-electron chi connectivity index (χ3n) is 4.20. The summed E-state index contributed by atoms with van der Waals surface area (Å²) in [6.45, 7) is 5.16. The Hall–Kier alpha value is -1.26. The van der Waals surface area contributed by atoms with Crippen LogP contribution in [0.15, 0.2) is 18.2 Å². The molecule has 1 fully saturated rings. The molecule has 1 aromatic carbocycles. The number of aliphatic hydroxyl groups is 1. The van der Waals surface area contributed by atoms with E-state index in [0.29, 0.717) is 0 Å². The van der Waals surface area contributed by atoms with Gasteiger partial charge in [-0.1, -0.05) is 13.0 Å². The fourth-order valence-corrected chi connectivity index (χ4v) is 2.89. The molecule has 20 heavy (non-hydrogen) atoms. The summed E-state index contributed by atoms with van der Waals surface area (Å²) in [6, 6.07) is 5.89. The lowest BCUT2D eigenvalue weighted by Crippen LogP contribution is -2.43. The van der Waals surface area contributed by atoms with Crippen molar-refractivity contribution >= 4 is 0 Å². The molecule has 0 spiro atoms. The van der Waals surface area contributed by atoms with Gasteiger partial charge in [-0.2, -0.15) is 0 Å². The van der Waals surface area contributed by atoms with Crippen LogP contribution in [0.3, 0.4) is 0 Å². The maximum absolute atomic E-state index is 10.2. The number of nitrogens with zero attached hydrogens (tertiary/aromatic N) is 1. The van der Waals surface area contributed by atoms with Gasteiger partial charge in [-0.05, 0) is 31.0 Å². The lowest BCUT2D eigenvalue weighted by atomic mass is 9.88. The van der Waals surface area contributed by atoms with Gasteiger partial charge in [0.15, 0.2) is 0 Å². The molecule has 2 rings (SSSR count). The SMILES string of the molecule is CCN1CCC(O)C(Cc2ccc(OC)cc2OC)C1. The van der Waals surface area contributed by atoms with Crippen LogP contribution in [0.2, 0.25) is 0 Å². The van der Waals surface area contributed by atoms with Crippen molar-refractivity contribution in [1.29, 1.82) is 0 Å². The summed E-state index contributed by atoms with van der Waals surface area (Å²) in [6.07, 6.45) is 1.48. The van der Waals surface area contributed by atoms with Crippen LogP contribution < -0.4 is 9.47 Å². The van der Waals surface area contributed by atoms with Gasteiger partial charge in [0.25, 0.3) is 0 Å². The zero-order chi connectivity index (χ0) is 14.5. The van der Waals surface area contributed by atoms with E-state index in [1.54, 1.807) is 14.2 Å². The molecule has 1 N–H and O–H groups in total. The molecule has 1 saturated heterocycles. The van der Waals surface area contributed by atoms with Crippen LogP contribution in [0.5, 0.6) is 11.5 Å². The Kier molecular flexibility index (Phi) is 5.26. The Labute approximate surface area is 121 Å². The van der Waals surface area contributed by atoms with Crippen LogP contribution in [0, 0.1) is 5.92 Å². The predicted octanol–water partition coefficient (Wildman–Crippen LogP) is 1.95. The Morgan fingerprint density at radius 3 is 2.75 bits per heavy atom. The third-order valence-corrected chi connectivity index (χ3v) is 4.20. The largest absolute Gasteiger partial charge is 0.497 e. The van der Waals surface area contributed by atoms with E-state index in [-0.39, 0.29) is 12.0 Å². The minimum atomic E-state index is -0.218. The summed E-state index contributed by atoms with van der Waals surface area (Å²) >= 11 is 0. The second-order valence-corrected chi connectivity index (χ2v) is 5.39. The van der Waals surface area contributed by atoms with Crippen LogP contribution in [-0.2, 0) is 6.42 Å². The molecule has 4 nitrogen and oxygen atoms in total. The highest BCUT2D eigenvalue weighted by Gasteiger charge is 2.27. The van der Waals surface area contributed by atoms with Gasteiger partial charge < -0.3 is 19.5 Å². The molecule has 0 radical (unpaired) electrons. The van der Waals surface area contributed by atoms with Gasteiger partial charge in [0.05, 0.1) is 20.3 Å². The highest BCUT2D eigenvalue weighted by Crippen LogP contribution is 2.29. The molecule has 2 atom stereocenters. The van der Waals surface area contributed by atoms with Crippen molar-refractivity contribution < 1.29 is 14.6 Å². The van der Waals surface area contributed by atoms with E-state index in [1.165, 1.54) is 0 Å². The molecule has 1 aromatic rings. The summed E-state index contributed by atoms with van der Waals surface area (Å²) in [5.74, 6) is 1.90. The topological polar surface area (TPSA) is 41.9 Å². The Morgan fingerprint density at radius 2 is 2.10 bits per heavy atom. The Morgan fingerprint density at radius 1 is 1.30 bits per heavy atom. The predicted molar refractivity (Wildman–Crippen MR) is 79.5 cm³/mol. The maximum atomic E-state index is 10.2. The molecule has 0 aliphatic carbocycles. The molecule has 4 heteroatoms. The van der Waals surface area contributed by atoms with Crippen molar-refractivity contribution in [1.82, 2.24) is 4.90 Å². The van der Waals surface area contributed by atoms with E-state index in [9.17, 15) is 5.11 Å². The molecule has 112 valence electrons. The maximum Gasteiger partial charge on any atom is 0.125 e. The average molecular weight is 279 g/mol. The summed E-state index contributed by atoms with van der Waals surface area (Å²) in [7, 11) is 3.33. The molecular formula is C16H25NO3. The van der Waals surface area contributed by atoms with Crippen LogP contribution in [-0.4, -0.2) is 50.0 Å². The number of hydrogen-bond acceptors (Lipinski definition) is 4. The number of benzene rings is 1. The lowest BCUT2D eigenvalue weighted by Gasteiger charge is -2.35. The first-order chi connectivity index (χ1) is 9.67. The molecule has 0 saturated carbocycles. The van der Waals surface area contributed by atoms with Crippen LogP contribution in [0.1, 0.15) is 18.9 Å². The number of methoxy groups -OCH3 is 2. The van der Waals surface area contributed by atoms with Gasteiger partial charge in [-0.3, -0.25) is 0 Å². The first-order valence-electron chi connectivity index (χ1n) is 7.29. The zero-order valence-electron chi connectivity index (χ0n) is 12.6. The standard InChI is InChI=1S/C16H25NO3/c1-4-17-8-7-15(18)13(11-17)9-12-5-6-14(19-2)10-16(12)20-3/h5-6,10,13,15,18H,4,7-9,11H2,1-3H3. The van der Waals surface area contributed by atoms with Gasteiger partial charge in [0.2, 0.25) is 0 Å². The van der Waals surface area contributed by atoms with E-state index in [4.69, 9.17) is 9.47 Å². The van der Waals surface area contributed by atoms with Crippen molar-refractivity contribution in [3.63, 3.8) is 0 Å². The highest BCUT2D eigenvalue weighted by molar-refractivity contribution is 5.41. The van der Waals surface area contributed by atoms with E-state index in [1.807, 2.05) is 18.2 Å². The third kappa shape index (κ3) is 3.44. The number of hydrogen-bond donors (Lipinski definition) is 1. The monoisotopic (exact) mass is 279 g/mol. The summed E-state index contributed by atoms with van der Waals surface area (Å²) in [5, 5.41) is 10.2. The van der Waals surface area contributed by atoms with Crippen LogP contribution in [0.4, 0.5) is 0 Å². The minimum Gasteiger partial charge on any atom is -0.497 e. The van der Waals surface area contributed by atoms with Crippen molar-refractivity contribution in [3.8, 4) is 11.5 Å². The van der Waals surface area contributed by atoms with Gasteiger partial charge in [-0.25, -0.2) is 0 Å². The fourth-order valence-electron chi connectivity index (χ4n) is 2.89. The molecule has 0 amide bonds. The molecule has 2 unspecified atom stereocenters. The molecule has 0 aromatic heterocycles. The molecule has 1 aliphatic heterocycles. The van der Waals surface area contributed by atoms with Crippen molar-refractivity contribution in [3.05, 3.63) is 23.8 Å². The second-order valence-electron chi connectivity index (χ2n) is 5.39. The Balaban J connectivity index is 2.11. The van der Waals surface area contributed by atoms with Gasteiger partial charge >= 0.3 is 0 Å². The number of likely N-dealkylation sites (tertiary alicyclic amines) is 1. The second kappa shape index (κ2) is 6.95. The molecule has 1 aliphatic rings. The molecular weight excluding hydrogens is 254 g/mol. The number of piperidine rings is 1. The van der Waals surface area contributed by atoms with E-state index < -0.39 is 0 Å². The first-order valence-corrected chi connectivity index (χ1v) is 7.29. The van der Waals surface area contributed by atoms with Gasteiger partial charge in [0, 0.05) is 25.1 Å². The highest BCUT2D eigenvalue weighted by atomic mass is 16.5. The van der Waals surface area contributed by atoms with Gasteiger partial charge in [0.1, 0.15) is 11.5 Å². The summed E-state index contributed by atoms with van der Waals surface area (Å²) in [5.41, 5.74) is 1.13. The summed E-state index contributed by atoms with van der Waals surface area (Å²) in [4.78, 5) is 2.40. The number of aliphatic hydroxyl groups excluding tert-OH is 1. The van der Waals surface area contributed by atoms with Crippen molar-refractivity contribution in [2.24, 2.45) is 5.92 Å². The van der Waals surface area contributed by atoms with Crippen LogP contribution in [0.25, 0.3) is 0 Å². The van der Waals surface area contributed by atoms with E-state index >= 15 is 0 Å². The van der Waals surface area contributed by atoms with Crippen molar-refractivity contribution in [2.75, 3.05) is 33.9 Å². The van der Waals surface area contributed by atoms with E-state index in [2.05, 4.69) is 11.8 Å². The number of rotatable bonds is 5. The smallest absolute Gasteiger partial charge is 0.125 e. The van der Waals surface area contributed by atoms with Crippen molar-refractivity contribution in [2.45, 2.75) is 25.9 Å². The molecule has 0 bridgehead atoms. The fraction of sp³-hybridized carbons (Fsp3) is 0.625.